The molecule has 11 heteroatoms. The normalized spacial score (nSPS) is 13.4. The lowest BCUT2D eigenvalue weighted by Gasteiger charge is -2.26. The average molecular weight is 531 g/mol. The molecule has 0 aliphatic carbocycles. The van der Waals surface area contributed by atoms with Crippen LogP contribution in [0.3, 0.4) is 0 Å². The number of anilines is 1. The first-order valence-electron chi connectivity index (χ1n) is 11.4. The second-order valence-electron chi connectivity index (χ2n) is 8.20. The number of methoxy groups -OCH3 is 2. The molecule has 1 amide bonds. The summed E-state index contributed by atoms with van der Waals surface area (Å²) in [5, 5.41) is 2.81. The Morgan fingerprint density at radius 1 is 0.973 bits per heavy atom. The minimum atomic E-state index is -4.24. The molecule has 0 saturated heterocycles. The minimum absolute atomic E-state index is 0.0955. The fraction of sp³-hybridized carbons (Fsp3) is 0.269. The number of hydrogen-bond acceptors (Lipinski definition) is 7. The van der Waals surface area contributed by atoms with Gasteiger partial charge in [0.05, 0.1) is 30.8 Å². The van der Waals surface area contributed by atoms with Crippen molar-refractivity contribution in [3.8, 4) is 23.0 Å². The highest BCUT2D eigenvalue weighted by Gasteiger charge is 2.29. The first kappa shape index (κ1) is 26.1. The number of fused-ring (bicyclic) bond motifs is 1. The zero-order valence-electron chi connectivity index (χ0n) is 20.6. The van der Waals surface area contributed by atoms with Gasteiger partial charge in [0.1, 0.15) is 25.6 Å². The lowest BCUT2D eigenvalue weighted by atomic mass is 10.1. The second kappa shape index (κ2) is 11.0. The number of nitrogens with one attached hydrogen (secondary N) is 1. The molecule has 1 aliphatic rings. The van der Waals surface area contributed by atoms with Crippen LogP contribution in [0.2, 0.25) is 0 Å². The van der Waals surface area contributed by atoms with Crippen molar-refractivity contribution in [2.75, 3.05) is 38.3 Å². The summed E-state index contributed by atoms with van der Waals surface area (Å²) in [6.07, 6.45) is 0. The van der Waals surface area contributed by atoms with Crippen LogP contribution >= 0.6 is 0 Å². The number of rotatable bonds is 9. The summed E-state index contributed by atoms with van der Waals surface area (Å²) in [4.78, 5) is 13.0. The van der Waals surface area contributed by atoms with E-state index in [1.54, 1.807) is 25.1 Å². The highest BCUT2D eigenvalue weighted by Crippen LogP contribution is 2.34. The summed E-state index contributed by atoms with van der Waals surface area (Å²) in [5.74, 6) is 0.658. The topological polar surface area (TPSA) is 103 Å². The van der Waals surface area contributed by atoms with Gasteiger partial charge in [-0.25, -0.2) is 12.8 Å². The first-order valence-corrected chi connectivity index (χ1v) is 12.9. The van der Waals surface area contributed by atoms with Gasteiger partial charge in [-0.05, 0) is 61.0 Å². The van der Waals surface area contributed by atoms with Gasteiger partial charge in [0.25, 0.3) is 10.0 Å². The molecule has 1 N–H and O–H groups in total. The predicted octanol–water partition coefficient (Wildman–Crippen LogP) is 3.69. The fourth-order valence-corrected chi connectivity index (χ4v) is 5.29. The van der Waals surface area contributed by atoms with E-state index >= 15 is 0 Å². The molecule has 0 unspecified atom stereocenters. The Kier molecular flexibility index (Phi) is 7.72. The monoisotopic (exact) mass is 530 g/mol. The Balaban J connectivity index is 1.60. The van der Waals surface area contributed by atoms with Crippen LogP contribution in [0.1, 0.15) is 18.5 Å². The van der Waals surface area contributed by atoms with E-state index in [0.717, 1.165) is 22.0 Å². The fourth-order valence-electron chi connectivity index (χ4n) is 3.86. The van der Waals surface area contributed by atoms with Crippen LogP contribution in [0, 0.1) is 5.82 Å². The lowest BCUT2D eigenvalue weighted by molar-refractivity contribution is -0.120. The molecule has 1 atom stereocenters. The third-order valence-electron chi connectivity index (χ3n) is 5.79. The van der Waals surface area contributed by atoms with Gasteiger partial charge in [0.15, 0.2) is 23.0 Å². The molecule has 0 bridgehead atoms. The molecule has 0 spiro atoms. The Morgan fingerprint density at radius 3 is 2.32 bits per heavy atom. The number of benzene rings is 3. The smallest absolute Gasteiger partial charge is 0.264 e. The number of amides is 1. The van der Waals surface area contributed by atoms with Crippen molar-refractivity contribution in [2.24, 2.45) is 0 Å². The molecular formula is C26H27FN2O7S. The van der Waals surface area contributed by atoms with Crippen molar-refractivity contribution >= 4 is 21.6 Å². The van der Waals surface area contributed by atoms with Crippen LogP contribution in [0.5, 0.6) is 23.0 Å². The third-order valence-corrected chi connectivity index (χ3v) is 7.56. The molecule has 1 heterocycles. The maximum atomic E-state index is 13.7. The zero-order valence-corrected chi connectivity index (χ0v) is 21.4. The van der Waals surface area contributed by atoms with Crippen LogP contribution in [0.25, 0.3) is 0 Å². The first-order chi connectivity index (χ1) is 17.7. The van der Waals surface area contributed by atoms with Gasteiger partial charge in [-0.3, -0.25) is 9.10 Å². The Labute approximate surface area is 214 Å². The van der Waals surface area contributed by atoms with Gasteiger partial charge in [-0.15, -0.1) is 0 Å². The number of hydrogen-bond donors (Lipinski definition) is 1. The maximum absolute atomic E-state index is 13.7. The van der Waals surface area contributed by atoms with Crippen molar-refractivity contribution in [1.29, 1.82) is 0 Å². The molecule has 3 aromatic rings. The standard InChI is InChI=1S/C26H27FN2O7S/c1-17(18-4-10-22(33-2)24(14-18)34-3)28-26(30)16-29(20-7-5-19(27)6-8-20)37(31,32)21-9-11-23-25(15-21)36-13-12-35-23/h4-11,14-15,17H,12-13,16H2,1-3H3,(H,28,30)/t17-/m1/s1. The lowest BCUT2D eigenvalue weighted by Crippen LogP contribution is -2.41. The summed E-state index contributed by atoms with van der Waals surface area (Å²) in [6.45, 7) is 1.87. The Morgan fingerprint density at radius 2 is 1.65 bits per heavy atom. The van der Waals surface area contributed by atoms with Crippen LogP contribution < -0.4 is 28.6 Å². The number of carbonyl (C=O) groups is 1. The van der Waals surface area contributed by atoms with E-state index in [0.29, 0.717) is 23.9 Å². The molecule has 0 saturated carbocycles. The van der Waals surface area contributed by atoms with Gasteiger partial charge in [0, 0.05) is 6.07 Å². The van der Waals surface area contributed by atoms with Crippen molar-refractivity contribution < 1.29 is 36.6 Å². The number of nitrogens with zero attached hydrogens (tertiary/aromatic N) is 1. The molecule has 0 radical (unpaired) electrons. The highest BCUT2D eigenvalue weighted by molar-refractivity contribution is 7.92. The van der Waals surface area contributed by atoms with Gasteiger partial charge < -0.3 is 24.3 Å². The zero-order chi connectivity index (χ0) is 26.6. The van der Waals surface area contributed by atoms with Crippen LogP contribution in [0.15, 0.2) is 65.6 Å². The molecule has 9 nitrogen and oxygen atoms in total. The molecule has 37 heavy (non-hydrogen) atoms. The maximum Gasteiger partial charge on any atom is 0.264 e. The number of ether oxygens (including phenoxy) is 4. The van der Waals surface area contributed by atoms with E-state index < -0.39 is 34.3 Å². The Bertz CT molecular complexity index is 1380. The number of carbonyl (C=O) groups excluding carboxylic acids is 1. The molecule has 1 aliphatic heterocycles. The predicted molar refractivity (Wildman–Crippen MR) is 134 cm³/mol. The summed E-state index contributed by atoms with van der Waals surface area (Å²) in [6, 6.07) is 13.8. The second-order valence-corrected chi connectivity index (χ2v) is 10.1. The third kappa shape index (κ3) is 5.72. The van der Waals surface area contributed by atoms with Crippen molar-refractivity contribution in [3.05, 3.63) is 72.0 Å². The van der Waals surface area contributed by atoms with Crippen LogP contribution in [0.4, 0.5) is 10.1 Å². The van der Waals surface area contributed by atoms with E-state index in [2.05, 4.69) is 5.32 Å². The Hall–Kier alpha value is -3.99. The molecule has 0 fully saturated rings. The molecular weight excluding hydrogens is 503 g/mol. The molecule has 0 aromatic heterocycles. The molecule has 3 aromatic carbocycles. The average Bonchev–Trinajstić information content (AvgIpc) is 2.91. The van der Waals surface area contributed by atoms with Crippen molar-refractivity contribution in [2.45, 2.75) is 17.9 Å². The number of halogens is 1. The van der Waals surface area contributed by atoms with Gasteiger partial charge in [-0.1, -0.05) is 6.07 Å². The van der Waals surface area contributed by atoms with E-state index in [-0.39, 0.29) is 22.9 Å². The van der Waals surface area contributed by atoms with E-state index in [9.17, 15) is 17.6 Å². The quantitative estimate of drug-likeness (QED) is 0.450. The van der Waals surface area contributed by atoms with Crippen LogP contribution in [-0.4, -0.2) is 48.3 Å². The molecule has 4 rings (SSSR count). The SMILES string of the molecule is COc1ccc([C@@H](C)NC(=O)CN(c2ccc(F)cc2)S(=O)(=O)c2ccc3c(c2)OCCO3)cc1OC. The summed E-state index contributed by atoms with van der Waals surface area (Å²) < 4.78 is 63.4. The van der Waals surface area contributed by atoms with E-state index in [1.165, 1.54) is 44.6 Å². The summed E-state index contributed by atoms with van der Waals surface area (Å²) in [7, 11) is -1.21. The van der Waals surface area contributed by atoms with E-state index in [1.807, 2.05) is 0 Å². The molecule has 196 valence electrons. The van der Waals surface area contributed by atoms with Crippen molar-refractivity contribution in [3.63, 3.8) is 0 Å². The van der Waals surface area contributed by atoms with Gasteiger partial charge in [-0.2, -0.15) is 0 Å². The largest absolute Gasteiger partial charge is 0.493 e. The summed E-state index contributed by atoms with van der Waals surface area (Å²) in [5.41, 5.74) is 0.860. The van der Waals surface area contributed by atoms with Gasteiger partial charge in [0.2, 0.25) is 5.91 Å². The van der Waals surface area contributed by atoms with Gasteiger partial charge >= 0.3 is 0 Å². The van der Waals surface area contributed by atoms with Crippen LogP contribution in [-0.2, 0) is 14.8 Å². The highest BCUT2D eigenvalue weighted by atomic mass is 32.2. The minimum Gasteiger partial charge on any atom is -0.493 e. The van der Waals surface area contributed by atoms with E-state index in [4.69, 9.17) is 18.9 Å². The van der Waals surface area contributed by atoms with Crippen molar-refractivity contribution in [1.82, 2.24) is 5.32 Å². The number of sulfonamides is 1. The summed E-state index contributed by atoms with van der Waals surface area (Å²) >= 11 is 0.